The Balaban J connectivity index is 1.47. The second-order valence-corrected chi connectivity index (χ2v) is 8.57. The van der Waals surface area contributed by atoms with Crippen molar-refractivity contribution in [2.45, 2.75) is 6.92 Å². The predicted molar refractivity (Wildman–Crippen MR) is 117 cm³/mol. The fourth-order valence-electron chi connectivity index (χ4n) is 3.32. The van der Waals surface area contributed by atoms with E-state index in [-0.39, 0.29) is 5.91 Å². The summed E-state index contributed by atoms with van der Waals surface area (Å²) in [6, 6.07) is 15.4. The van der Waals surface area contributed by atoms with Gasteiger partial charge in [-0.3, -0.25) is 4.79 Å². The molecule has 2 heterocycles. The topological polar surface area (TPSA) is 36.4 Å². The Bertz CT molecular complexity index is 1010. The molecule has 3 aromatic rings. The summed E-state index contributed by atoms with van der Waals surface area (Å²) in [5, 5.41) is 2.21. The van der Waals surface area contributed by atoms with E-state index in [9.17, 15) is 4.79 Å². The van der Waals surface area contributed by atoms with Crippen LogP contribution in [-0.4, -0.2) is 42.0 Å². The van der Waals surface area contributed by atoms with Gasteiger partial charge in [-0.2, -0.15) is 0 Å². The number of piperazine rings is 1. The zero-order valence-electron chi connectivity index (χ0n) is 15.4. The van der Waals surface area contributed by atoms with Gasteiger partial charge in [0, 0.05) is 47.5 Å². The minimum Gasteiger partial charge on any atom is -0.368 e. The summed E-state index contributed by atoms with van der Waals surface area (Å²) in [4.78, 5) is 22.5. The number of anilines is 1. The smallest absolute Gasteiger partial charge is 0.265 e. The molecule has 0 N–H and O–H groups in total. The van der Waals surface area contributed by atoms with Gasteiger partial charge in [0.15, 0.2) is 0 Å². The predicted octanol–water partition coefficient (Wildman–Crippen LogP) is 5.39. The van der Waals surface area contributed by atoms with Gasteiger partial charge in [-0.25, -0.2) is 4.98 Å². The van der Waals surface area contributed by atoms with Crippen molar-refractivity contribution in [1.82, 2.24) is 9.88 Å². The minimum absolute atomic E-state index is 0.0500. The van der Waals surface area contributed by atoms with E-state index in [0.717, 1.165) is 40.1 Å². The summed E-state index contributed by atoms with van der Waals surface area (Å²) in [5.41, 5.74) is 2.80. The molecule has 28 heavy (non-hydrogen) atoms. The molecule has 0 saturated carbocycles. The first kappa shape index (κ1) is 19.2. The highest BCUT2D eigenvalue weighted by Gasteiger charge is 2.26. The lowest BCUT2D eigenvalue weighted by Crippen LogP contribution is -2.48. The number of aromatic nitrogens is 1. The quantitative estimate of drug-likeness (QED) is 0.557. The van der Waals surface area contributed by atoms with Gasteiger partial charge >= 0.3 is 0 Å². The van der Waals surface area contributed by atoms with Crippen molar-refractivity contribution in [2.24, 2.45) is 0 Å². The molecule has 1 aliphatic heterocycles. The van der Waals surface area contributed by atoms with Gasteiger partial charge in [0.25, 0.3) is 5.91 Å². The highest BCUT2D eigenvalue weighted by Crippen LogP contribution is 2.30. The Morgan fingerprint density at radius 2 is 1.68 bits per heavy atom. The molecule has 0 bridgehead atoms. The zero-order chi connectivity index (χ0) is 19.7. The molecular formula is C21H19Cl2N3OS. The Morgan fingerprint density at radius 1 is 1.00 bits per heavy atom. The van der Waals surface area contributed by atoms with E-state index < -0.39 is 0 Å². The van der Waals surface area contributed by atoms with Crippen LogP contribution in [-0.2, 0) is 0 Å². The number of thiazole rings is 1. The van der Waals surface area contributed by atoms with Crippen LogP contribution < -0.4 is 4.90 Å². The first-order valence-electron chi connectivity index (χ1n) is 9.04. The lowest BCUT2D eigenvalue weighted by Gasteiger charge is -2.36. The number of rotatable bonds is 3. The third kappa shape index (κ3) is 4.02. The average Bonchev–Trinajstić information content (AvgIpc) is 3.09. The van der Waals surface area contributed by atoms with E-state index in [4.69, 9.17) is 23.2 Å². The molecule has 0 spiro atoms. The molecule has 0 atom stereocenters. The number of carbonyl (C=O) groups excluding carboxylic acids is 1. The summed E-state index contributed by atoms with van der Waals surface area (Å²) in [6.45, 7) is 4.81. The van der Waals surface area contributed by atoms with Crippen LogP contribution in [0.4, 0.5) is 5.69 Å². The molecule has 1 amide bonds. The summed E-state index contributed by atoms with van der Waals surface area (Å²) in [7, 11) is 0. The SMILES string of the molecule is Cc1nc(-c2cccc(Cl)c2)sc1C(=O)N1CCN(c2cccc(Cl)c2)CC1. The van der Waals surface area contributed by atoms with Crippen LogP contribution in [0.1, 0.15) is 15.4 Å². The average molecular weight is 432 g/mol. The lowest BCUT2D eigenvalue weighted by molar-refractivity contribution is 0.0750. The van der Waals surface area contributed by atoms with E-state index in [1.807, 2.05) is 60.4 Å². The van der Waals surface area contributed by atoms with E-state index in [1.165, 1.54) is 11.3 Å². The third-order valence-corrected chi connectivity index (χ3v) is 6.47. The van der Waals surface area contributed by atoms with Crippen molar-refractivity contribution in [1.29, 1.82) is 0 Å². The number of benzene rings is 2. The van der Waals surface area contributed by atoms with Crippen LogP contribution in [0.5, 0.6) is 0 Å². The first-order chi connectivity index (χ1) is 13.5. The second-order valence-electron chi connectivity index (χ2n) is 6.70. The van der Waals surface area contributed by atoms with Crippen molar-refractivity contribution >= 4 is 46.1 Å². The van der Waals surface area contributed by atoms with Gasteiger partial charge in [-0.15, -0.1) is 11.3 Å². The molecule has 144 valence electrons. The van der Waals surface area contributed by atoms with Gasteiger partial charge in [-0.05, 0) is 37.3 Å². The first-order valence-corrected chi connectivity index (χ1v) is 10.6. The number of carbonyl (C=O) groups is 1. The van der Waals surface area contributed by atoms with Crippen LogP contribution in [0.15, 0.2) is 48.5 Å². The van der Waals surface area contributed by atoms with E-state index in [1.54, 1.807) is 0 Å². The van der Waals surface area contributed by atoms with Gasteiger partial charge in [0.2, 0.25) is 0 Å². The molecule has 4 rings (SSSR count). The largest absolute Gasteiger partial charge is 0.368 e. The van der Waals surface area contributed by atoms with E-state index in [2.05, 4.69) is 9.88 Å². The Labute approximate surface area is 178 Å². The van der Waals surface area contributed by atoms with Crippen LogP contribution in [0.3, 0.4) is 0 Å². The van der Waals surface area contributed by atoms with Crippen LogP contribution >= 0.6 is 34.5 Å². The molecule has 2 aromatic carbocycles. The maximum atomic E-state index is 13.1. The number of hydrogen-bond donors (Lipinski definition) is 0. The molecule has 7 heteroatoms. The van der Waals surface area contributed by atoms with E-state index in [0.29, 0.717) is 23.0 Å². The second kappa shape index (κ2) is 8.11. The third-order valence-electron chi connectivity index (χ3n) is 4.80. The van der Waals surface area contributed by atoms with Crippen molar-refractivity contribution < 1.29 is 4.79 Å². The highest BCUT2D eigenvalue weighted by molar-refractivity contribution is 7.17. The highest BCUT2D eigenvalue weighted by atomic mass is 35.5. The maximum Gasteiger partial charge on any atom is 0.265 e. The van der Waals surface area contributed by atoms with Crippen molar-refractivity contribution in [3.05, 3.63) is 69.1 Å². The Hall–Kier alpha value is -2.08. The Kier molecular flexibility index (Phi) is 5.58. The van der Waals surface area contributed by atoms with Crippen molar-refractivity contribution in [3.8, 4) is 10.6 Å². The molecule has 0 aliphatic carbocycles. The number of amides is 1. The fourth-order valence-corrected chi connectivity index (χ4v) is 4.73. The number of aryl methyl sites for hydroxylation is 1. The molecule has 0 radical (unpaired) electrons. The molecule has 1 aliphatic rings. The zero-order valence-corrected chi connectivity index (χ0v) is 17.7. The van der Waals surface area contributed by atoms with Crippen LogP contribution in [0.25, 0.3) is 10.6 Å². The summed E-state index contributed by atoms with van der Waals surface area (Å²) in [6.07, 6.45) is 0. The normalized spacial score (nSPS) is 14.4. The van der Waals surface area contributed by atoms with E-state index >= 15 is 0 Å². The van der Waals surface area contributed by atoms with Gasteiger partial charge in [0.1, 0.15) is 9.88 Å². The molecular weight excluding hydrogens is 413 g/mol. The molecule has 1 saturated heterocycles. The van der Waals surface area contributed by atoms with Crippen molar-refractivity contribution in [2.75, 3.05) is 31.1 Å². The van der Waals surface area contributed by atoms with Gasteiger partial charge in [-0.1, -0.05) is 41.4 Å². The number of nitrogens with zero attached hydrogens (tertiary/aromatic N) is 3. The van der Waals surface area contributed by atoms with Gasteiger partial charge in [0.05, 0.1) is 5.69 Å². The van der Waals surface area contributed by atoms with Crippen molar-refractivity contribution in [3.63, 3.8) is 0 Å². The Morgan fingerprint density at radius 3 is 2.36 bits per heavy atom. The molecule has 4 nitrogen and oxygen atoms in total. The summed E-state index contributed by atoms with van der Waals surface area (Å²) >= 11 is 13.6. The monoisotopic (exact) mass is 431 g/mol. The summed E-state index contributed by atoms with van der Waals surface area (Å²) in [5.74, 6) is 0.0500. The minimum atomic E-state index is 0.0500. The summed E-state index contributed by atoms with van der Waals surface area (Å²) < 4.78 is 0. The van der Waals surface area contributed by atoms with Crippen LogP contribution in [0.2, 0.25) is 10.0 Å². The van der Waals surface area contributed by atoms with Crippen LogP contribution in [0, 0.1) is 6.92 Å². The molecule has 1 fully saturated rings. The number of hydrogen-bond acceptors (Lipinski definition) is 4. The van der Waals surface area contributed by atoms with Gasteiger partial charge < -0.3 is 9.80 Å². The standard InChI is InChI=1S/C21H19Cl2N3OS/c1-14-19(28-20(24-14)15-4-2-5-16(22)12-15)21(27)26-10-8-25(9-11-26)18-7-3-6-17(23)13-18/h2-7,12-13H,8-11H2,1H3. The maximum absolute atomic E-state index is 13.1. The number of halogens is 2. The molecule has 1 aromatic heterocycles. The fraction of sp³-hybridized carbons (Fsp3) is 0.238. The lowest BCUT2D eigenvalue weighted by atomic mass is 10.2. The molecule has 0 unspecified atom stereocenters.